The number of rotatable bonds is 2. The molecule has 19 heavy (non-hydrogen) atoms. The highest BCUT2D eigenvalue weighted by Crippen LogP contribution is 2.24. The Morgan fingerprint density at radius 1 is 1.16 bits per heavy atom. The maximum atomic E-state index is 5.69. The zero-order chi connectivity index (χ0) is 13.4. The number of hydrogen-bond donors (Lipinski definition) is 2. The van der Waals surface area contributed by atoms with E-state index in [1.807, 2.05) is 12.1 Å². The Bertz CT molecular complexity index is 741. The number of aromatic amines is 1. The zero-order valence-corrected chi connectivity index (χ0v) is 11.2. The number of H-pyrrole nitrogens is 1. The van der Waals surface area contributed by atoms with Gasteiger partial charge in [0, 0.05) is 12.1 Å². The van der Waals surface area contributed by atoms with Gasteiger partial charge in [0.15, 0.2) is 0 Å². The van der Waals surface area contributed by atoms with Gasteiger partial charge in [0.05, 0.1) is 11.0 Å². The molecule has 3 nitrogen and oxygen atoms in total. The fraction of sp³-hybridized carbons (Fsp3) is 0.188. The van der Waals surface area contributed by atoms with E-state index in [2.05, 4.69) is 43.1 Å². The molecule has 3 heteroatoms. The molecule has 0 bridgehead atoms. The number of nitrogens with zero attached hydrogens (tertiary/aromatic N) is 1. The van der Waals surface area contributed by atoms with Gasteiger partial charge in [-0.3, -0.25) is 0 Å². The van der Waals surface area contributed by atoms with Gasteiger partial charge in [-0.15, -0.1) is 0 Å². The monoisotopic (exact) mass is 251 g/mol. The predicted octanol–water partition coefficient (Wildman–Crippen LogP) is 3.31. The molecule has 0 saturated heterocycles. The Morgan fingerprint density at radius 2 is 2.00 bits per heavy atom. The largest absolute Gasteiger partial charge is 0.338 e. The molecule has 96 valence electrons. The smallest absolute Gasteiger partial charge is 0.138 e. The summed E-state index contributed by atoms with van der Waals surface area (Å²) in [7, 11) is 0. The first-order valence-corrected chi connectivity index (χ1v) is 6.44. The third-order valence-electron chi connectivity index (χ3n) is 3.36. The van der Waals surface area contributed by atoms with Crippen LogP contribution in [0.2, 0.25) is 0 Å². The van der Waals surface area contributed by atoms with E-state index in [9.17, 15) is 0 Å². The molecule has 2 aromatic carbocycles. The van der Waals surface area contributed by atoms with E-state index >= 15 is 0 Å². The van der Waals surface area contributed by atoms with Crippen LogP contribution in [-0.4, -0.2) is 9.97 Å². The molecule has 0 fully saturated rings. The van der Waals surface area contributed by atoms with Crippen molar-refractivity contribution in [2.75, 3.05) is 0 Å². The standard InChI is InChI=1S/C16H17N3/c1-10-6-11(2)15-14(7-10)18-16(19-15)13-5-3-4-12(8-13)9-17/h3-8H,9,17H2,1-2H3,(H,18,19). The zero-order valence-electron chi connectivity index (χ0n) is 11.2. The van der Waals surface area contributed by atoms with Crippen LogP contribution < -0.4 is 5.73 Å². The maximum absolute atomic E-state index is 5.69. The van der Waals surface area contributed by atoms with E-state index in [-0.39, 0.29) is 0 Å². The minimum Gasteiger partial charge on any atom is -0.338 e. The van der Waals surface area contributed by atoms with Crippen molar-refractivity contribution in [2.45, 2.75) is 20.4 Å². The van der Waals surface area contributed by atoms with Crippen LogP contribution in [0.1, 0.15) is 16.7 Å². The molecule has 1 aromatic heterocycles. The summed E-state index contributed by atoms with van der Waals surface area (Å²) in [6.45, 7) is 4.74. The normalized spacial score (nSPS) is 11.1. The van der Waals surface area contributed by atoms with Crippen LogP contribution in [-0.2, 0) is 6.54 Å². The van der Waals surface area contributed by atoms with Crippen molar-refractivity contribution in [3.05, 3.63) is 53.1 Å². The number of hydrogen-bond acceptors (Lipinski definition) is 2. The lowest BCUT2D eigenvalue weighted by molar-refractivity contribution is 1.07. The van der Waals surface area contributed by atoms with E-state index < -0.39 is 0 Å². The lowest BCUT2D eigenvalue weighted by Gasteiger charge is -1.99. The summed E-state index contributed by atoms with van der Waals surface area (Å²) in [5.41, 5.74) is 12.5. The van der Waals surface area contributed by atoms with Crippen molar-refractivity contribution in [3.63, 3.8) is 0 Å². The van der Waals surface area contributed by atoms with Crippen LogP contribution in [0.15, 0.2) is 36.4 Å². The number of benzene rings is 2. The molecule has 0 atom stereocenters. The summed E-state index contributed by atoms with van der Waals surface area (Å²) in [5.74, 6) is 0.902. The van der Waals surface area contributed by atoms with Gasteiger partial charge in [0.2, 0.25) is 0 Å². The van der Waals surface area contributed by atoms with Gasteiger partial charge in [-0.25, -0.2) is 4.98 Å². The van der Waals surface area contributed by atoms with Gasteiger partial charge in [-0.1, -0.05) is 24.3 Å². The second kappa shape index (κ2) is 4.52. The van der Waals surface area contributed by atoms with Crippen molar-refractivity contribution in [1.29, 1.82) is 0 Å². The molecule has 0 amide bonds. The molecule has 0 spiro atoms. The van der Waals surface area contributed by atoms with Gasteiger partial charge in [0.25, 0.3) is 0 Å². The molecule has 0 aliphatic heterocycles. The number of imidazole rings is 1. The van der Waals surface area contributed by atoms with Crippen LogP contribution in [0.5, 0.6) is 0 Å². The molecule has 0 radical (unpaired) electrons. The molecule has 0 aliphatic carbocycles. The molecular weight excluding hydrogens is 234 g/mol. The third-order valence-corrected chi connectivity index (χ3v) is 3.36. The van der Waals surface area contributed by atoms with Crippen molar-refractivity contribution in [1.82, 2.24) is 9.97 Å². The minimum absolute atomic E-state index is 0.548. The van der Waals surface area contributed by atoms with Gasteiger partial charge in [-0.2, -0.15) is 0 Å². The molecule has 0 saturated carbocycles. The number of aryl methyl sites for hydroxylation is 2. The molecule has 3 aromatic rings. The van der Waals surface area contributed by atoms with E-state index in [0.717, 1.165) is 28.0 Å². The second-order valence-electron chi connectivity index (χ2n) is 4.97. The predicted molar refractivity (Wildman–Crippen MR) is 78.9 cm³/mol. The number of aromatic nitrogens is 2. The molecule has 0 aliphatic rings. The summed E-state index contributed by atoms with van der Waals surface area (Å²) in [6.07, 6.45) is 0. The fourth-order valence-corrected chi connectivity index (χ4v) is 2.45. The minimum atomic E-state index is 0.548. The third kappa shape index (κ3) is 2.13. The topological polar surface area (TPSA) is 54.7 Å². The summed E-state index contributed by atoms with van der Waals surface area (Å²) < 4.78 is 0. The maximum Gasteiger partial charge on any atom is 0.138 e. The fourth-order valence-electron chi connectivity index (χ4n) is 2.45. The van der Waals surface area contributed by atoms with E-state index in [4.69, 9.17) is 10.7 Å². The first kappa shape index (κ1) is 11.9. The van der Waals surface area contributed by atoms with Gasteiger partial charge >= 0.3 is 0 Å². The van der Waals surface area contributed by atoms with Crippen LogP contribution in [0, 0.1) is 13.8 Å². The Morgan fingerprint density at radius 3 is 2.79 bits per heavy atom. The molecule has 3 N–H and O–H groups in total. The molecule has 0 unspecified atom stereocenters. The van der Waals surface area contributed by atoms with E-state index in [1.165, 1.54) is 11.1 Å². The highest BCUT2D eigenvalue weighted by atomic mass is 14.9. The van der Waals surface area contributed by atoms with Crippen LogP contribution >= 0.6 is 0 Å². The average Bonchev–Trinajstić information content (AvgIpc) is 2.83. The van der Waals surface area contributed by atoms with Crippen LogP contribution in [0.25, 0.3) is 22.4 Å². The summed E-state index contributed by atoms with van der Waals surface area (Å²) in [4.78, 5) is 8.10. The van der Waals surface area contributed by atoms with Crippen LogP contribution in [0.4, 0.5) is 0 Å². The number of fused-ring (bicyclic) bond motifs is 1. The van der Waals surface area contributed by atoms with Gasteiger partial charge < -0.3 is 10.7 Å². The lowest BCUT2D eigenvalue weighted by Crippen LogP contribution is -1.95. The Kier molecular flexibility index (Phi) is 2.84. The van der Waals surface area contributed by atoms with Crippen molar-refractivity contribution >= 4 is 11.0 Å². The Balaban J connectivity index is 2.17. The molecule has 3 rings (SSSR count). The summed E-state index contributed by atoms with van der Waals surface area (Å²) in [5, 5.41) is 0. The summed E-state index contributed by atoms with van der Waals surface area (Å²) >= 11 is 0. The first-order chi connectivity index (χ1) is 9.17. The second-order valence-corrected chi connectivity index (χ2v) is 4.97. The van der Waals surface area contributed by atoms with Crippen molar-refractivity contribution in [2.24, 2.45) is 5.73 Å². The Labute approximate surface area is 112 Å². The Hall–Kier alpha value is -2.13. The summed E-state index contributed by atoms with van der Waals surface area (Å²) in [6, 6.07) is 12.5. The number of nitrogens with one attached hydrogen (secondary N) is 1. The highest BCUT2D eigenvalue weighted by molar-refractivity contribution is 5.83. The van der Waals surface area contributed by atoms with E-state index in [0.29, 0.717) is 6.54 Å². The molecule has 1 heterocycles. The lowest BCUT2D eigenvalue weighted by atomic mass is 10.1. The quantitative estimate of drug-likeness (QED) is 0.734. The van der Waals surface area contributed by atoms with Crippen molar-refractivity contribution in [3.8, 4) is 11.4 Å². The first-order valence-electron chi connectivity index (χ1n) is 6.44. The van der Waals surface area contributed by atoms with E-state index in [1.54, 1.807) is 0 Å². The number of nitrogens with two attached hydrogens (primary N) is 1. The highest BCUT2D eigenvalue weighted by Gasteiger charge is 2.08. The molecular formula is C16H17N3. The SMILES string of the molecule is Cc1cc(C)c2nc(-c3cccc(CN)c3)[nH]c2c1. The van der Waals surface area contributed by atoms with Gasteiger partial charge in [-0.05, 0) is 42.7 Å². The van der Waals surface area contributed by atoms with Crippen molar-refractivity contribution < 1.29 is 0 Å². The van der Waals surface area contributed by atoms with Gasteiger partial charge in [0.1, 0.15) is 5.82 Å². The van der Waals surface area contributed by atoms with Crippen LogP contribution in [0.3, 0.4) is 0 Å². The average molecular weight is 251 g/mol.